The molecule has 0 aliphatic rings. The molecule has 0 saturated heterocycles. The molecule has 1 aromatic heterocycles. The number of aromatic nitrogens is 2. The van der Waals surface area contributed by atoms with Gasteiger partial charge < -0.3 is 0 Å². The quantitative estimate of drug-likeness (QED) is 0.200. The van der Waals surface area contributed by atoms with Gasteiger partial charge in [0, 0.05) is 0 Å². The van der Waals surface area contributed by atoms with Crippen molar-refractivity contribution in [2.45, 2.75) is 18.0 Å². The van der Waals surface area contributed by atoms with Crippen molar-refractivity contribution in [2.75, 3.05) is 10.8 Å². The minimum absolute atomic E-state index is 0.105. The van der Waals surface area contributed by atoms with Gasteiger partial charge in [-0.1, -0.05) is 59.6 Å². The number of benzene rings is 3. The average molecular weight is 610 g/mol. The molecule has 14 heteroatoms. The summed E-state index contributed by atoms with van der Waals surface area (Å²) < 4.78 is 69.5. The minimum Gasteiger partial charge on any atom is -0.271 e. The molecule has 4 rings (SSSR count). The molecule has 4 aromatic rings. The van der Waals surface area contributed by atoms with Crippen LogP contribution in [-0.2, 0) is 21.0 Å². The number of amides is 1. The van der Waals surface area contributed by atoms with Crippen LogP contribution in [0.15, 0.2) is 88.9 Å². The van der Waals surface area contributed by atoms with Crippen LogP contribution in [0.25, 0.3) is 5.69 Å². The number of hydrogen-bond donors (Lipinski definition) is 1. The predicted molar refractivity (Wildman–Crippen MR) is 146 cm³/mol. The Morgan fingerprint density at radius 2 is 1.68 bits per heavy atom. The SMILES string of the molecule is Cc1c(/C=N\NC(=O)CN(c2ccc(Cl)c(C(F)(F)F)c2)S(=O)(=O)c2ccccc2)c(Cl)nn1-c1ccccc1. The van der Waals surface area contributed by atoms with Crippen molar-refractivity contribution in [2.24, 2.45) is 5.10 Å². The van der Waals surface area contributed by atoms with Crippen molar-refractivity contribution in [3.05, 3.63) is 106 Å². The highest BCUT2D eigenvalue weighted by Crippen LogP contribution is 2.38. The number of carbonyl (C=O) groups excluding carboxylic acids is 1. The fraction of sp³-hybridized carbons (Fsp3) is 0.115. The lowest BCUT2D eigenvalue weighted by molar-refractivity contribution is -0.137. The predicted octanol–water partition coefficient (Wildman–Crippen LogP) is 5.85. The third-order valence-corrected chi connectivity index (χ3v) is 8.06. The Labute approximate surface area is 237 Å². The van der Waals surface area contributed by atoms with Crippen molar-refractivity contribution in [1.82, 2.24) is 15.2 Å². The molecule has 8 nitrogen and oxygen atoms in total. The molecule has 1 N–H and O–H groups in total. The Bertz CT molecular complexity index is 1660. The maximum atomic E-state index is 13.5. The second-order valence-corrected chi connectivity index (χ2v) is 10.9. The third-order valence-electron chi connectivity index (χ3n) is 5.66. The summed E-state index contributed by atoms with van der Waals surface area (Å²) in [5, 5.41) is 7.60. The first-order chi connectivity index (χ1) is 18.9. The van der Waals surface area contributed by atoms with Gasteiger partial charge in [-0.25, -0.2) is 18.5 Å². The van der Waals surface area contributed by atoms with E-state index in [4.69, 9.17) is 23.2 Å². The zero-order chi connectivity index (χ0) is 29.1. The number of alkyl halides is 3. The van der Waals surface area contributed by atoms with E-state index >= 15 is 0 Å². The van der Waals surface area contributed by atoms with Crippen LogP contribution >= 0.6 is 23.2 Å². The van der Waals surface area contributed by atoms with E-state index in [1.54, 1.807) is 17.7 Å². The molecular weight excluding hydrogens is 590 g/mol. The molecule has 1 heterocycles. The van der Waals surface area contributed by atoms with Crippen LogP contribution in [-0.4, -0.2) is 36.9 Å². The smallest absolute Gasteiger partial charge is 0.271 e. The monoisotopic (exact) mass is 609 g/mol. The van der Waals surface area contributed by atoms with Gasteiger partial charge >= 0.3 is 6.18 Å². The van der Waals surface area contributed by atoms with Crippen molar-refractivity contribution in [1.29, 1.82) is 0 Å². The van der Waals surface area contributed by atoms with Gasteiger partial charge in [-0.3, -0.25) is 9.10 Å². The number of para-hydroxylation sites is 1. The second-order valence-electron chi connectivity index (χ2n) is 8.32. The van der Waals surface area contributed by atoms with Gasteiger partial charge in [-0.2, -0.15) is 23.4 Å². The summed E-state index contributed by atoms with van der Waals surface area (Å²) in [6, 6.07) is 18.7. The summed E-state index contributed by atoms with van der Waals surface area (Å²) in [7, 11) is -4.47. The molecule has 0 fully saturated rings. The van der Waals surface area contributed by atoms with E-state index in [1.165, 1.54) is 30.5 Å². The summed E-state index contributed by atoms with van der Waals surface area (Å²) >= 11 is 12.0. The highest BCUT2D eigenvalue weighted by atomic mass is 35.5. The van der Waals surface area contributed by atoms with Crippen molar-refractivity contribution in [3.8, 4) is 5.69 Å². The van der Waals surface area contributed by atoms with E-state index in [1.807, 2.05) is 30.3 Å². The molecule has 0 unspecified atom stereocenters. The first-order valence-electron chi connectivity index (χ1n) is 11.5. The molecule has 0 saturated carbocycles. The minimum atomic E-state index is -4.86. The standard InChI is InChI=1S/C26H20Cl2F3N5O3S/c1-17-21(25(28)34-36(17)18-8-4-2-5-9-18)15-32-33-24(37)16-35(40(38,39)20-10-6-3-7-11-20)19-12-13-23(27)22(14-19)26(29,30)31/h2-15H,16H2,1H3,(H,33,37)/b32-15-. The number of anilines is 1. The van der Waals surface area contributed by atoms with Crippen LogP contribution in [0.1, 0.15) is 16.8 Å². The maximum Gasteiger partial charge on any atom is 0.417 e. The van der Waals surface area contributed by atoms with Crippen LogP contribution in [0.5, 0.6) is 0 Å². The van der Waals surface area contributed by atoms with Crippen molar-refractivity contribution >= 4 is 51.0 Å². The van der Waals surface area contributed by atoms with Gasteiger partial charge in [0.25, 0.3) is 15.9 Å². The average Bonchev–Trinajstić information content (AvgIpc) is 3.21. The fourth-order valence-electron chi connectivity index (χ4n) is 3.70. The zero-order valence-electron chi connectivity index (χ0n) is 20.6. The molecule has 1 amide bonds. The van der Waals surface area contributed by atoms with E-state index in [-0.39, 0.29) is 10.0 Å². The van der Waals surface area contributed by atoms with Crippen LogP contribution in [0.4, 0.5) is 18.9 Å². The molecule has 0 aliphatic carbocycles. The number of carbonyl (C=O) groups is 1. The van der Waals surface area contributed by atoms with Gasteiger partial charge in [-0.05, 0) is 49.4 Å². The highest BCUT2D eigenvalue weighted by molar-refractivity contribution is 7.92. The number of hydrogen-bond acceptors (Lipinski definition) is 5. The van der Waals surface area contributed by atoms with E-state index < -0.39 is 44.9 Å². The first-order valence-corrected chi connectivity index (χ1v) is 13.7. The number of sulfonamides is 1. The molecule has 0 radical (unpaired) electrons. The lowest BCUT2D eigenvalue weighted by atomic mass is 10.2. The summed E-state index contributed by atoms with van der Waals surface area (Å²) in [5.41, 5.74) is 2.28. The van der Waals surface area contributed by atoms with Gasteiger partial charge in [0.15, 0.2) is 5.15 Å². The summed E-state index contributed by atoms with van der Waals surface area (Å²) in [6.45, 7) is 0.853. The number of hydrazone groups is 1. The Morgan fingerprint density at radius 3 is 2.30 bits per heavy atom. The number of halogens is 5. The van der Waals surface area contributed by atoms with Crippen LogP contribution in [0.3, 0.4) is 0 Å². The number of rotatable bonds is 8. The summed E-state index contributed by atoms with van der Waals surface area (Å²) in [6.07, 6.45) is -3.62. The Hall–Kier alpha value is -3.87. The normalized spacial score (nSPS) is 12.1. The fourth-order valence-corrected chi connectivity index (χ4v) is 5.62. The summed E-state index contributed by atoms with van der Waals surface area (Å²) in [4.78, 5) is 12.6. The maximum absolute atomic E-state index is 13.5. The van der Waals surface area contributed by atoms with Crippen LogP contribution < -0.4 is 9.73 Å². The molecule has 3 aromatic carbocycles. The van der Waals surface area contributed by atoms with Gasteiger partial charge in [0.2, 0.25) is 0 Å². The highest BCUT2D eigenvalue weighted by Gasteiger charge is 2.35. The van der Waals surface area contributed by atoms with Gasteiger partial charge in [-0.15, -0.1) is 0 Å². The topological polar surface area (TPSA) is 96.7 Å². The van der Waals surface area contributed by atoms with E-state index in [0.717, 1.165) is 17.8 Å². The molecule has 0 bridgehead atoms. The Kier molecular flexibility index (Phi) is 8.52. The lowest BCUT2D eigenvalue weighted by Gasteiger charge is -2.24. The molecule has 0 spiro atoms. The van der Waals surface area contributed by atoms with E-state index in [9.17, 15) is 26.4 Å². The number of nitrogens with one attached hydrogen (secondary N) is 1. The van der Waals surface area contributed by atoms with E-state index in [0.29, 0.717) is 21.6 Å². The second kappa shape index (κ2) is 11.7. The molecule has 208 valence electrons. The van der Waals surface area contributed by atoms with E-state index in [2.05, 4.69) is 15.6 Å². The Balaban J connectivity index is 1.62. The zero-order valence-corrected chi connectivity index (χ0v) is 22.9. The largest absolute Gasteiger partial charge is 0.417 e. The molecule has 40 heavy (non-hydrogen) atoms. The van der Waals surface area contributed by atoms with Gasteiger partial charge in [0.1, 0.15) is 6.54 Å². The van der Waals surface area contributed by atoms with Crippen LogP contribution in [0, 0.1) is 6.92 Å². The van der Waals surface area contributed by atoms with Crippen molar-refractivity contribution in [3.63, 3.8) is 0 Å². The summed E-state index contributed by atoms with van der Waals surface area (Å²) in [5.74, 6) is -0.927. The van der Waals surface area contributed by atoms with Gasteiger partial charge in [0.05, 0.1) is 44.3 Å². The first kappa shape index (κ1) is 29.1. The lowest BCUT2D eigenvalue weighted by Crippen LogP contribution is -2.39. The molecule has 0 aliphatic heterocycles. The molecule has 0 atom stereocenters. The molecular formula is C26H20Cl2F3N5O3S. The third kappa shape index (κ3) is 6.30. The Morgan fingerprint density at radius 1 is 1.05 bits per heavy atom. The van der Waals surface area contributed by atoms with Crippen LogP contribution in [0.2, 0.25) is 10.2 Å². The van der Waals surface area contributed by atoms with Crippen molar-refractivity contribution < 1.29 is 26.4 Å². The number of nitrogens with zero attached hydrogens (tertiary/aromatic N) is 4.